The lowest BCUT2D eigenvalue weighted by Crippen LogP contribution is -2.43. The van der Waals surface area contributed by atoms with E-state index in [4.69, 9.17) is 27.9 Å². The molecule has 1 unspecified atom stereocenters. The fourth-order valence-corrected chi connectivity index (χ4v) is 2.09. The van der Waals surface area contributed by atoms with Gasteiger partial charge in [0.25, 0.3) is 5.91 Å². The Balaban J connectivity index is 2.49. The predicted octanol–water partition coefficient (Wildman–Crippen LogP) is 2.87. The Morgan fingerprint density at radius 1 is 1.35 bits per heavy atom. The van der Waals surface area contributed by atoms with Crippen LogP contribution in [-0.2, 0) is 4.79 Å². The minimum Gasteiger partial charge on any atom is -0.479 e. The van der Waals surface area contributed by atoms with E-state index in [1.807, 2.05) is 13.8 Å². The lowest BCUT2D eigenvalue weighted by molar-refractivity contribution is -0.127. The predicted molar refractivity (Wildman–Crippen MR) is 82.7 cm³/mol. The summed E-state index contributed by atoms with van der Waals surface area (Å²) in [7, 11) is 0. The molecule has 0 aliphatic rings. The Bertz CT molecular complexity index is 455. The van der Waals surface area contributed by atoms with E-state index in [0.29, 0.717) is 22.3 Å². The van der Waals surface area contributed by atoms with E-state index in [1.54, 1.807) is 25.1 Å². The topological polar surface area (TPSA) is 50.4 Å². The molecule has 1 aromatic carbocycles. The standard InChI is InChI=1S/C14H20Cl2N2O2/c1-4-17-9(2)8-18-14(19)10(3)20-13-6-5-11(15)7-12(13)16/h5-7,9-10,17H,4,8H2,1-3H3,(H,18,19)/t9-,10?/m1/s1. The SMILES string of the molecule is CCN[C@H](C)CNC(=O)C(C)Oc1ccc(Cl)cc1Cl. The van der Waals surface area contributed by atoms with Gasteiger partial charge in [-0.1, -0.05) is 30.1 Å². The van der Waals surface area contributed by atoms with Crippen molar-refractivity contribution in [3.8, 4) is 5.75 Å². The molecule has 0 radical (unpaired) electrons. The van der Waals surface area contributed by atoms with Crippen molar-refractivity contribution in [2.45, 2.75) is 32.9 Å². The molecule has 1 aromatic rings. The molecule has 112 valence electrons. The summed E-state index contributed by atoms with van der Waals surface area (Å²) in [6.45, 7) is 7.12. The van der Waals surface area contributed by atoms with Crippen LogP contribution in [0.4, 0.5) is 0 Å². The zero-order chi connectivity index (χ0) is 15.1. The van der Waals surface area contributed by atoms with Crippen LogP contribution in [0.3, 0.4) is 0 Å². The summed E-state index contributed by atoms with van der Waals surface area (Å²) in [6.07, 6.45) is -0.623. The minimum atomic E-state index is -0.623. The third kappa shape index (κ3) is 5.57. The summed E-state index contributed by atoms with van der Waals surface area (Å²) >= 11 is 11.8. The van der Waals surface area contributed by atoms with Gasteiger partial charge in [-0.25, -0.2) is 0 Å². The highest BCUT2D eigenvalue weighted by atomic mass is 35.5. The van der Waals surface area contributed by atoms with Crippen molar-refractivity contribution in [2.24, 2.45) is 0 Å². The van der Waals surface area contributed by atoms with Crippen molar-refractivity contribution >= 4 is 29.1 Å². The molecule has 0 heterocycles. The molecular weight excluding hydrogens is 299 g/mol. The van der Waals surface area contributed by atoms with Crippen LogP contribution in [0, 0.1) is 0 Å². The highest BCUT2D eigenvalue weighted by Gasteiger charge is 2.16. The van der Waals surface area contributed by atoms with Crippen molar-refractivity contribution in [3.63, 3.8) is 0 Å². The van der Waals surface area contributed by atoms with Crippen LogP contribution in [0.5, 0.6) is 5.75 Å². The van der Waals surface area contributed by atoms with Crippen molar-refractivity contribution < 1.29 is 9.53 Å². The quantitative estimate of drug-likeness (QED) is 0.812. The highest BCUT2D eigenvalue weighted by Crippen LogP contribution is 2.28. The molecule has 0 aliphatic heterocycles. The number of likely N-dealkylation sites (N-methyl/N-ethyl adjacent to an activating group) is 1. The molecule has 6 heteroatoms. The molecular formula is C14H20Cl2N2O2. The summed E-state index contributed by atoms with van der Waals surface area (Å²) in [4.78, 5) is 11.9. The summed E-state index contributed by atoms with van der Waals surface area (Å²) in [5.74, 6) is 0.263. The Morgan fingerprint density at radius 3 is 2.65 bits per heavy atom. The van der Waals surface area contributed by atoms with Crippen LogP contribution in [-0.4, -0.2) is 31.1 Å². The second kappa shape index (κ2) is 8.35. The van der Waals surface area contributed by atoms with E-state index in [9.17, 15) is 4.79 Å². The molecule has 4 nitrogen and oxygen atoms in total. The molecule has 0 saturated carbocycles. The first kappa shape index (κ1) is 17.1. The number of hydrogen-bond donors (Lipinski definition) is 2. The third-order valence-electron chi connectivity index (χ3n) is 2.70. The largest absolute Gasteiger partial charge is 0.479 e. The average Bonchev–Trinajstić information content (AvgIpc) is 2.39. The van der Waals surface area contributed by atoms with Crippen molar-refractivity contribution in [2.75, 3.05) is 13.1 Å². The van der Waals surface area contributed by atoms with Crippen LogP contribution in [0.25, 0.3) is 0 Å². The fourth-order valence-electron chi connectivity index (χ4n) is 1.63. The summed E-state index contributed by atoms with van der Waals surface area (Å²) < 4.78 is 5.53. The van der Waals surface area contributed by atoms with Crippen LogP contribution >= 0.6 is 23.2 Å². The van der Waals surface area contributed by atoms with Crippen molar-refractivity contribution in [3.05, 3.63) is 28.2 Å². The molecule has 0 saturated heterocycles. The number of nitrogens with one attached hydrogen (secondary N) is 2. The molecule has 0 bridgehead atoms. The zero-order valence-corrected chi connectivity index (χ0v) is 13.4. The Hall–Kier alpha value is -0.970. The average molecular weight is 319 g/mol. The summed E-state index contributed by atoms with van der Waals surface area (Å²) in [6, 6.07) is 5.11. The van der Waals surface area contributed by atoms with E-state index in [2.05, 4.69) is 10.6 Å². The number of amides is 1. The molecule has 20 heavy (non-hydrogen) atoms. The second-order valence-electron chi connectivity index (χ2n) is 4.54. The van der Waals surface area contributed by atoms with Crippen molar-refractivity contribution in [1.82, 2.24) is 10.6 Å². The van der Waals surface area contributed by atoms with Crippen LogP contribution in [0.2, 0.25) is 10.0 Å². The maximum absolute atomic E-state index is 11.9. The van der Waals surface area contributed by atoms with E-state index < -0.39 is 6.10 Å². The summed E-state index contributed by atoms with van der Waals surface area (Å²) in [5, 5.41) is 6.95. The van der Waals surface area contributed by atoms with Gasteiger partial charge in [0.15, 0.2) is 6.10 Å². The van der Waals surface area contributed by atoms with Gasteiger partial charge < -0.3 is 15.4 Å². The number of benzene rings is 1. The normalized spacial score (nSPS) is 13.7. The summed E-state index contributed by atoms with van der Waals surface area (Å²) in [5.41, 5.74) is 0. The van der Waals surface area contributed by atoms with Gasteiger partial charge in [0.1, 0.15) is 5.75 Å². The number of hydrogen-bond acceptors (Lipinski definition) is 3. The smallest absolute Gasteiger partial charge is 0.260 e. The lowest BCUT2D eigenvalue weighted by Gasteiger charge is -2.18. The van der Waals surface area contributed by atoms with Crippen molar-refractivity contribution in [1.29, 1.82) is 0 Å². The number of rotatable bonds is 7. The van der Waals surface area contributed by atoms with Gasteiger partial charge in [0.2, 0.25) is 0 Å². The van der Waals surface area contributed by atoms with Crippen LogP contribution in [0.15, 0.2) is 18.2 Å². The Labute approximate surface area is 129 Å². The zero-order valence-electron chi connectivity index (χ0n) is 11.9. The van der Waals surface area contributed by atoms with Crippen LogP contribution < -0.4 is 15.4 Å². The van der Waals surface area contributed by atoms with E-state index >= 15 is 0 Å². The number of carbonyl (C=O) groups excluding carboxylic acids is 1. The van der Waals surface area contributed by atoms with Crippen LogP contribution in [0.1, 0.15) is 20.8 Å². The molecule has 0 aromatic heterocycles. The minimum absolute atomic E-state index is 0.180. The monoisotopic (exact) mass is 318 g/mol. The van der Waals surface area contributed by atoms with E-state index in [0.717, 1.165) is 6.54 Å². The third-order valence-corrected chi connectivity index (χ3v) is 3.23. The molecule has 0 aliphatic carbocycles. The van der Waals surface area contributed by atoms with E-state index in [-0.39, 0.29) is 11.9 Å². The van der Waals surface area contributed by atoms with Gasteiger partial charge in [0.05, 0.1) is 5.02 Å². The lowest BCUT2D eigenvalue weighted by atomic mass is 10.3. The van der Waals surface area contributed by atoms with Gasteiger partial charge in [-0.05, 0) is 38.6 Å². The number of halogens is 2. The molecule has 1 amide bonds. The fraction of sp³-hybridized carbons (Fsp3) is 0.500. The molecule has 1 rings (SSSR count). The molecule has 0 spiro atoms. The number of ether oxygens (including phenoxy) is 1. The van der Waals surface area contributed by atoms with Gasteiger partial charge in [-0.15, -0.1) is 0 Å². The van der Waals surface area contributed by atoms with Gasteiger partial charge in [0, 0.05) is 17.6 Å². The first-order valence-electron chi connectivity index (χ1n) is 6.56. The molecule has 2 N–H and O–H groups in total. The highest BCUT2D eigenvalue weighted by molar-refractivity contribution is 6.35. The van der Waals surface area contributed by atoms with Gasteiger partial charge >= 0.3 is 0 Å². The Kier molecular flexibility index (Phi) is 7.13. The first-order valence-corrected chi connectivity index (χ1v) is 7.32. The first-order chi connectivity index (χ1) is 9.43. The second-order valence-corrected chi connectivity index (χ2v) is 5.38. The van der Waals surface area contributed by atoms with Gasteiger partial charge in [-0.3, -0.25) is 4.79 Å². The molecule has 2 atom stereocenters. The molecule has 0 fully saturated rings. The van der Waals surface area contributed by atoms with Gasteiger partial charge in [-0.2, -0.15) is 0 Å². The maximum atomic E-state index is 11.9. The Morgan fingerprint density at radius 2 is 2.05 bits per heavy atom. The van der Waals surface area contributed by atoms with E-state index in [1.165, 1.54) is 0 Å². The maximum Gasteiger partial charge on any atom is 0.260 e. The number of carbonyl (C=O) groups is 1.